The zero-order valence-corrected chi connectivity index (χ0v) is 18.1. The second-order valence-corrected chi connectivity index (χ2v) is 8.72. The van der Waals surface area contributed by atoms with Gasteiger partial charge in [0.25, 0.3) is 0 Å². The molecule has 3 heterocycles. The molecular formula is C23H21Cl2NO4. The van der Waals surface area contributed by atoms with Crippen molar-refractivity contribution in [2.24, 2.45) is 0 Å². The van der Waals surface area contributed by atoms with Crippen molar-refractivity contribution in [3.05, 3.63) is 62.3 Å². The van der Waals surface area contributed by atoms with Crippen molar-refractivity contribution in [1.82, 2.24) is 4.90 Å². The van der Waals surface area contributed by atoms with Gasteiger partial charge in [0.15, 0.2) is 5.76 Å². The Hall–Kier alpha value is -2.05. The van der Waals surface area contributed by atoms with Gasteiger partial charge in [-0.15, -0.1) is 0 Å². The lowest BCUT2D eigenvalue weighted by atomic mass is 9.98. The van der Waals surface area contributed by atoms with Crippen LogP contribution >= 0.6 is 23.2 Å². The predicted molar refractivity (Wildman–Crippen MR) is 115 cm³/mol. The number of hydrogen-bond donors (Lipinski definition) is 0. The second-order valence-electron chi connectivity index (χ2n) is 7.91. The first-order valence-corrected chi connectivity index (χ1v) is 10.8. The number of allylic oxidation sites excluding steroid dienone is 1. The molecule has 2 aromatic rings. The summed E-state index contributed by atoms with van der Waals surface area (Å²) < 4.78 is 17.8. The van der Waals surface area contributed by atoms with Crippen molar-refractivity contribution in [3.8, 4) is 11.5 Å². The summed E-state index contributed by atoms with van der Waals surface area (Å²) >= 11 is 12.1. The molecule has 0 saturated carbocycles. The van der Waals surface area contributed by atoms with Crippen LogP contribution in [0.15, 0.2) is 30.0 Å². The fourth-order valence-corrected chi connectivity index (χ4v) is 4.53. The van der Waals surface area contributed by atoms with Gasteiger partial charge in [-0.05, 0) is 55.2 Å². The molecule has 0 N–H and O–H groups in total. The fourth-order valence-electron chi connectivity index (χ4n) is 4.22. The lowest BCUT2D eigenvalue weighted by Gasteiger charge is -2.31. The highest BCUT2D eigenvalue weighted by atomic mass is 35.5. The summed E-state index contributed by atoms with van der Waals surface area (Å²) in [5.74, 6) is 1.51. The molecule has 0 radical (unpaired) electrons. The number of hydrogen-bond acceptors (Lipinski definition) is 5. The maximum atomic E-state index is 13.1. The van der Waals surface area contributed by atoms with E-state index >= 15 is 0 Å². The summed E-state index contributed by atoms with van der Waals surface area (Å²) in [5, 5.41) is 0.898. The van der Waals surface area contributed by atoms with E-state index in [0.29, 0.717) is 34.6 Å². The van der Waals surface area contributed by atoms with Crippen LogP contribution in [0.4, 0.5) is 0 Å². The minimum Gasteiger partial charge on any atom is -0.478 e. The van der Waals surface area contributed by atoms with E-state index in [4.69, 9.17) is 37.4 Å². The van der Waals surface area contributed by atoms with Gasteiger partial charge in [-0.1, -0.05) is 29.3 Å². The zero-order valence-electron chi connectivity index (χ0n) is 16.5. The highest BCUT2D eigenvalue weighted by molar-refractivity contribution is 6.42. The number of ether oxygens (including phenoxy) is 3. The molecule has 0 bridgehead atoms. The first-order valence-electron chi connectivity index (χ1n) is 10.0. The molecule has 3 aliphatic heterocycles. The van der Waals surface area contributed by atoms with E-state index in [1.54, 1.807) is 24.3 Å². The molecular weight excluding hydrogens is 425 g/mol. The van der Waals surface area contributed by atoms with Gasteiger partial charge in [-0.2, -0.15) is 0 Å². The van der Waals surface area contributed by atoms with E-state index in [-0.39, 0.29) is 17.6 Å². The Balaban J connectivity index is 1.45. The standard InChI is InChI=1S/C23H21Cl2NO4/c1-13-7-19-16(11-26(12-29-19)10-15-3-2-6-28-15)23-21(13)22(27)20(30-23)9-14-4-5-17(24)18(25)8-14/h4-5,7-9,15H,2-3,6,10-12H2,1H3/b20-9-. The van der Waals surface area contributed by atoms with Gasteiger partial charge in [0.2, 0.25) is 5.78 Å². The van der Waals surface area contributed by atoms with Crippen LogP contribution in [0.2, 0.25) is 10.0 Å². The minimum atomic E-state index is -0.132. The van der Waals surface area contributed by atoms with E-state index < -0.39 is 0 Å². The Morgan fingerprint density at radius 1 is 1.23 bits per heavy atom. The van der Waals surface area contributed by atoms with Gasteiger partial charge in [-0.25, -0.2) is 0 Å². The molecule has 5 rings (SSSR count). The fraction of sp³-hybridized carbons (Fsp3) is 0.348. The molecule has 3 aliphatic rings. The molecule has 156 valence electrons. The molecule has 7 heteroatoms. The van der Waals surface area contributed by atoms with E-state index in [9.17, 15) is 4.79 Å². The predicted octanol–water partition coefficient (Wildman–Crippen LogP) is 5.25. The van der Waals surface area contributed by atoms with Crippen LogP contribution in [0.1, 0.15) is 39.9 Å². The molecule has 0 amide bonds. The van der Waals surface area contributed by atoms with E-state index in [0.717, 1.165) is 48.4 Å². The lowest BCUT2D eigenvalue weighted by molar-refractivity contribution is 0.0273. The monoisotopic (exact) mass is 445 g/mol. The van der Waals surface area contributed by atoms with Gasteiger partial charge in [0.1, 0.15) is 18.2 Å². The first kappa shape index (κ1) is 19.9. The molecule has 1 fully saturated rings. The molecule has 0 aliphatic carbocycles. The quantitative estimate of drug-likeness (QED) is 0.603. The Labute approximate surface area is 185 Å². The summed E-state index contributed by atoms with van der Waals surface area (Å²) in [5.41, 5.74) is 3.11. The van der Waals surface area contributed by atoms with Gasteiger partial charge in [0, 0.05) is 19.7 Å². The van der Waals surface area contributed by atoms with Gasteiger partial charge < -0.3 is 14.2 Å². The van der Waals surface area contributed by atoms with Crippen molar-refractivity contribution >= 4 is 35.1 Å². The highest BCUT2D eigenvalue weighted by Gasteiger charge is 2.36. The number of Topliss-reactive ketones (excluding diaryl/α,β-unsaturated/α-hetero) is 1. The van der Waals surface area contributed by atoms with Gasteiger partial charge in [-0.3, -0.25) is 9.69 Å². The Morgan fingerprint density at radius 3 is 2.87 bits per heavy atom. The van der Waals surface area contributed by atoms with Crippen LogP contribution < -0.4 is 9.47 Å². The average molecular weight is 446 g/mol. The third kappa shape index (κ3) is 3.60. The minimum absolute atomic E-state index is 0.132. The molecule has 1 atom stereocenters. The third-order valence-corrected chi connectivity index (χ3v) is 6.45. The average Bonchev–Trinajstić information content (AvgIpc) is 3.34. The number of fused-ring (bicyclic) bond motifs is 3. The summed E-state index contributed by atoms with van der Waals surface area (Å²) in [7, 11) is 0. The van der Waals surface area contributed by atoms with Crippen molar-refractivity contribution in [1.29, 1.82) is 0 Å². The number of halogens is 2. The van der Waals surface area contributed by atoms with E-state index in [1.807, 2.05) is 13.0 Å². The van der Waals surface area contributed by atoms with Crippen molar-refractivity contribution in [3.63, 3.8) is 0 Å². The number of ketones is 1. The topological polar surface area (TPSA) is 48.0 Å². The summed E-state index contributed by atoms with van der Waals surface area (Å²) in [6, 6.07) is 7.15. The zero-order chi connectivity index (χ0) is 20.8. The van der Waals surface area contributed by atoms with E-state index in [1.165, 1.54) is 0 Å². The third-order valence-electron chi connectivity index (χ3n) is 5.71. The highest BCUT2D eigenvalue weighted by Crippen LogP contribution is 2.44. The first-order chi connectivity index (χ1) is 14.5. The van der Waals surface area contributed by atoms with Crippen molar-refractivity contribution in [2.45, 2.75) is 32.4 Å². The summed E-state index contributed by atoms with van der Waals surface area (Å²) in [4.78, 5) is 15.3. The number of aryl methyl sites for hydroxylation is 1. The number of benzene rings is 2. The maximum Gasteiger partial charge on any atom is 0.232 e. The smallest absolute Gasteiger partial charge is 0.232 e. The molecule has 0 aromatic heterocycles. The van der Waals surface area contributed by atoms with Crippen molar-refractivity contribution in [2.75, 3.05) is 19.9 Å². The Bertz CT molecular complexity index is 1060. The van der Waals surface area contributed by atoms with Crippen LogP contribution in [0.3, 0.4) is 0 Å². The number of rotatable bonds is 3. The lowest BCUT2D eigenvalue weighted by Crippen LogP contribution is -2.37. The Kier molecular flexibility index (Phi) is 5.23. The Morgan fingerprint density at radius 2 is 2.10 bits per heavy atom. The molecule has 1 saturated heterocycles. The van der Waals surface area contributed by atoms with Crippen LogP contribution in [0, 0.1) is 6.92 Å². The largest absolute Gasteiger partial charge is 0.478 e. The second kappa shape index (κ2) is 7.89. The van der Waals surface area contributed by atoms with Crippen LogP contribution in [0.25, 0.3) is 6.08 Å². The SMILES string of the molecule is Cc1cc2c(c3c1C(=O)/C(=C/c1ccc(Cl)c(Cl)c1)O3)CN(CC1CCCO1)CO2. The summed E-state index contributed by atoms with van der Waals surface area (Å²) in [6.07, 6.45) is 4.11. The van der Waals surface area contributed by atoms with Crippen LogP contribution in [-0.4, -0.2) is 36.7 Å². The normalized spacial score (nSPS) is 22.0. The van der Waals surface area contributed by atoms with E-state index in [2.05, 4.69) is 4.90 Å². The molecule has 30 heavy (non-hydrogen) atoms. The van der Waals surface area contributed by atoms with Gasteiger partial charge in [0.05, 0.1) is 27.3 Å². The number of carbonyl (C=O) groups excluding carboxylic acids is 1. The number of nitrogens with zero attached hydrogens (tertiary/aromatic N) is 1. The maximum absolute atomic E-state index is 13.1. The van der Waals surface area contributed by atoms with Gasteiger partial charge >= 0.3 is 0 Å². The molecule has 0 spiro atoms. The molecule has 5 nitrogen and oxygen atoms in total. The molecule has 1 unspecified atom stereocenters. The number of carbonyl (C=O) groups is 1. The van der Waals surface area contributed by atoms with Crippen molar-refractivity contribution < 1.29 is 19.0 Å². The molecule has 2 aromatic carbocycles. The summed E-state index contributed by atoms with van der Waals surface area (Å²) in [6.45, 7) is 4.70. The van der Waals surface area contributed by atoms with Crippen LogP contribution in [-0.2, 0) is 11.3 Å². The van der Waals surface area contributed by atoms with Crippen LogP contribution in [0.5, 0.6) is 11.5 Å².